The van der Waals surface area contributed by atoms with Gasteiger partial charge in [0.25, 0.3) is 0 Å². The van der Waals surface area contributed by atoms with Crippen LogP contribution in [0.2, 0.25) is 0 Å². The maximum absolute atomic E-state index is 13.5. The number of carbonyl (C=O) groups excluding carboxylic acids is 1. The summed E-state index contributed by atoms with van der Waals surface area (Å²) in [6, 6.07) is 5.08. The Balaban J connectivity index is 2.76. The van der Waals surface area contributed by atoms with Gasteiger partial charge in [-0.1, -0.05) is 26.0 Å². The summed E-state index contributed by atoms with van der Waals surface area (Å²) in [5.74, 6) is -0.182. The maximum Gasteiger partial charge on any atom is 0.220 e. The molecule has 0 heterocycles. The van der Waals surface area contributed by atoms with Gasteiger partial charge in [0.15, 0.2) is 0 Å². The molecule has 0 aliphatic rings. The minimum absolute atomic E-state index is 0.0565. The van der Waals surface area contributed by atoms with E-state index in [1.165, 1.54) is 6.07 Å². The highest BCUT2D eigenvalue weighted by atomic mass is 19.1. The maximum atomic E-state index is 13.5. The van der Waals surface area contributed by atoms with E-state index < -0.39 is 0 Å². The molecule has 2 N–H and O–H groups in total. The Morgan fingerprint density at radius 1 is 1.42 bits per heavy atom. The van der Waals surface area contributed by atoms with Crippen LogP contribution >= 0.6 is 0 Å². The zero-order valence-corrected chi connectivity index (χ0v) is 11.6. The van der Waals surface area contributed by atoms with Gasteiger partial charge in [-0.25, -0.2) is 4.39 Å². The van der Waals surface area contributed by atoms with E-state index in [1.54, 1.807) is 6.07 Å². The van der Waals surface area contributed by atoms with Gasteiger partial charge in [-0.05, 0) is 36.0 Å². The van der Waals surface area contributed by atoms with Crippen LogP contribution in [0, 0.1) is 5.82 Å². The first-order valence-corrected chi connectivity index (χ1v) is 6.78. The zero-order chi connectivity index (χ0) is 14.3. The minimum Gasteiger partial charge on any atom is -0.395 e. The zero-order valence-electron chi connectivity index (χ0n) is 11.6. The molecule has 4 heteroatoms. The van der Waals surface area contributed by atoms with Crippen LogP contribution in [-0.2, 0) is 11.2 Å². The third-order valence-corrected chi connectivity index (χ3v) is 3.28. The highest BCUT2D eigenvalue weighted by Gasteiger charge is 2.15. The van der Waals surface area contributed by atoms with Crippen molar-refractivity contribution in [3.63, 3.8) is 0 Å². The molecule has 0 aromatic heterocycles. The lowest BCUT2D eigenvalue weighted by Crippen LogP contribution is -2.27. The second kappa shape index (κ2) is 7.89. The molecule has 0 saturated heterocycles. The molecule has 0 aliphatic heterocycles. The summed E-state index contributed by atoms with van der Waals surface area (Å²) in [6.45, 7) is 4.15. The van der Waals surface area contributed by atoms with Crippen LogP contribution < -0.4 is 5.32 Å². The lowest BCUT2D eigenvalue weighted by molar-refractivity contribution is -0.121. The van der Waals surface area contributed by atoms with Gasteiger partial charge >= 0.3 is 0 Å². The number of aryl methyl sites for hydroxylation is 1. The van der Waals surface area contributed by atoms with Crippen molar-refractivity contribution < 1.29 is 14.3 Å². The summed E-state index contributed by atoms with van der Waals surface area (Å²) in [5, 5.41) is 11.3. The van der Waals surface area contributed by atoms with Gasteiger partial charge in [0.1, 0.15) is 5.82 Å². The van der Waals surface area contributed by atoms with E-state index in [0.29, 0.717) is 18.4 Å². The Bertz CT molecular complexity index is 421. The number of carbonyl (C=O) groups is 1. The summed E-state index contributed by atoms with van der Waals surface area (Å²) in [4.78, 5) is 11.7. The molecule has 0 fully saturated rings. The number of aliphatic hydroxyl groups excluding tert-OH is 1. The molecule has 1 unspecified atom stereocenters. The molecule has 1 aromatic carbocycles. The molecule has 19 heavy (non-hydrogen) atoms. The van der Waals surface area contributed by atoms with Crippen LogP contribution in [0.4, 0.5) is 4.39 Å². The number of hydrogen-bond donors (Lipinski definition) is 2. The topological polar surface area (TPSA) is 49.3 Å². The first-order valence-electron chi connectivity index (χ1n) is 6.78. The number of amides is 1. The molecule has 0 saturated carbocycles. The fourth-order valence-corrected chi connectivity index (χ4v) is 2.11. The standard InChI is InChI=1S/C15H22FNO2/c1-3-11(10-15(19)17-7-8-18)13-5-6-14(16)12(4-2)9-13/h5-6,9,11,18H,3-4,7-8,10H2,1-2H3,(H,17,19). The number of halogens is 1. The molecule has 1 atom stereocenters. The van der Waals surface area contributed by atoms with Crippen molar-refractivity contribution in [3.8, 4) is 0 Å². The van der Waals surface area contributed by atoms with E-state index in [1.807, 2.05) is 19.9 Å². The van der Waals surface area contributed by atoms with Crippen molar-refractivity contribution in [2.45, 2.75) is 39.0 Å². The fraction of sp³-hybridized carbons (Fsp3) is 0.533. The van der Waals surface area contributed by atoms with Crippen molar-refractivity contribution >= 4 is 5.91 Å². The van der Waals surface area contributed by atoms with Crippen molar-refractivity contribution in [1.29, 1.82) is 0 Å². The van der Waals surface area contributed by atoms with E-state index >= 15 is 0 Å². The number of aliphatic hydroxyl groups is 1. The average Bonchev–Trinajstić information content (AvgIpc) is 2.43. The summed E-state index contributed by atoms with van der Waals surface area (Å²) < 4.78 is 13.5. The van der Waals surface area contributed by atoms with E-state index in [-0.39, 0.29) is 30.8 Å². The molecule has 0 aliphatic carbocycles. The fourth-order valence-electron chi connectivity index (χ4n) is 2.11. The van der Waals surface area contributed by atoms with Gasteiger partial charge in [0, 0.05) is 13.0 Å². The largest absolute Gasteiger partial charge is 0.395 e. The Morgan fingerprint density at radius 2 is 2.16 bits per heavy atom. The number of nitrogens with one attached hydrogen (secondary N) is 1. The Hall–Kier alpha value is -1.42. The van der Waals surface area contributed by atoms with Gasteiger partial charge in [0.2, 0.25) is 5.91 Å². The third-order valence-electron chi connectivity index (χ3n) is 3.28. The summed E-state index contributed by atoms with van der Waals surface area (Å²) in [6.07, 6.45) is 1.83. The van der Waals surface area contributed by atoms with E-state index in [9.17, 15) is 9.18 Å². The molecule has 0 radical (unpaired) electrons. The molecular weight excluding hydrogens is 245 g/mol. The van der Waals surface area contributed by atoms with Crippen LogP contribution in [0.15, 0.2) is 18.2 Å². The predicted octanol–water partition coefficient (Wildman–Crippen LogP) is 2.38. The van der Waals surface area contributed by atoms with Crippen molar-refractivity contribution in [2.75, 3.05) is 13.2 Å². The molecule has 1 aromatic rings. The summed E-state index contributed by atoms with van der Waals surface area (Å²) >= 11 is 0. The normalized spacial score (nSPS) is 12.2. The van der Waals surface area contributed by atoms with Crippen molar-refractivity contribution in [1.82, 2.24) is 5.32 Å². The van der Waals surface area contributed by atoms with Gasteiger partial charge < -0.3 is 10.4 Å². The Morgan fingerprint density at radius 3 is 2.74 bits per heavy atom. The predicted molar refractivity (Wildman–Crippen MR) is 73.5 cm³/mol. The van der Waals surface area contributed by atoms with Gasteiger partial charge in [-0.15, -0.1) is 0 Å². The molecular formula is C15H22FNO2. The highest BCUT2D eigenvalue weighted by molar-refractivity contribution is 5.76. The van der Waals surface area contributed by atoms with Crippen LogP contribution in [-0.4, -0.2) is 24.2 Å². The SMILES string of the molecule is CCc1cc(C(CC)CC(=O)NCCO)ccc1F. The first-order chi connectivity index (χ1) is 9.12. The third kappa shape index (κ3) is 4.63. The van der Waals surface area contributed by atoms with Crippen LogP contribution in [0.5, 0.6) is 0 Å². The van der Waals surface area contributed by atoms with Gasteiger partial charge in [-0.3, -0.25) is 4.79 Å². The first kappa shape index (κ1) is 15.6. The van der Waals surface area contributed by atoms with E-state index in [0.717, 1.165) is 12.0 Å². The van der Waals surface area contributed by atoms with Crippen LogP contribution in [0.3, 0.4) is 0 Å². The Kier molecular flexibility index (Phi) is 6.50. The smallest absolute Gasteiger partial charge is 0.220 e. The average molecular weight is 267 g/mol. The van der Waals surface area contributed by atoms with Crippen molar-refractivity contribution in [3.05, 3.63) is 35.1 Å². The second-order valence-electron chi connectivity index (χ2n) is 4.59. The van der Waals surface area contributed by atoms with Crippen LogP contribution in [0.25, 0.3) is 0 Å². The summed E-state index contributed by atoms with van der Waals surface area (Å²) in [5.41, 5.74) is 1.69. The molecule has 1 amide bonds. The van der Waals surface area contributed by atoms with Crippen LogP contribution in [0.1, 0.15) is 43.7 Å². The molecule has 0 spiro atoms. The number of rotatable bonds is 7. The molecule has 1 rings (SSSR count). The molecule has 106 valence electrons. The molecule has 3 nitrogen and oxygen atoms in total. The van der Waals surface area contributed by atoms with Gasteiger partial charge in [0.05, 0.1) is 6.61 Å². The number of benzene rings is 1. The van der Waals surface area contributed by atoms with Crippen molar-refractivity contribution in [2.24, 2.45) is 0 Å². The lowest BCUT2D eigenvalue weighted by Gasteiger charge is -2.16. The summed E-state index contributed by atoms with van der Waals surface area (Å²) in [7, 11) is 0. The van der Waals surface area contributed by atoms with Gasteiger partial charge in [-0.2, -0.15) is 0 Å². The number of hydrogen-bond acceptors (Lipinski definition) is 2. The Labute approximate surface area is 113 Å². The highest BCUT2D eigenvalue weighted by Crippen LogP contribution is 2.25. The quantitative estimate of drug-likeness (QED) is 0.797. The lowest BCUT2D eigenvalue weighted by atomic mass is 9.91. The van der Waals surface area contributed by atoms with E-state index in [2.05, 4.69) is 5.32 Å². The molecule has 0 bridgehead atoms. The minimum atomic E-state index is -0.189. The van der Waals surface area contributed by atoms with E-state index in [4.69, 9.17) is 5.11 Å². The monoisotopic (exact) mass is 267 g/mol. The second-order valence-corrected chi connectivity index (χ2v) is 4.59.